The van der Waals surface area contributed by atoms with E-state index in [0.29, 0.717) is 6.42 Å². The van der Waals surface area contributed by atoms with Crippen molar-refractivity contribution in [3.05, 3.63) is 29.8 Å². The molecule has 0 aromatic heterocycles. The highest BCUT2D eigenvalue weighted by atomic mass is 32.2. The van der Waals surface area contributed by atoms with Crippen LogP contribution in [0.25, 0.3) is 0 Å². The SMILES string of the molecule is CCc1cccc(S(=O)(=O)NC(CC)CO)c1. The van der Waals surface area contributed by atoms with Gasteiger partial charge < -0.3 is 5.11 Å². The second kappa shape index (κ2) is 6.14. The predicted molar refractivity (Wildman–Crippen MR) is 67.3 cm³/mol. The maximum absolute atomic E-state index is 12.0. The molecule has 4 nitrogen and oxygen atoms in total. The van der Waals surface area contributed by atoms with E-state index >= 15 is 0 Å². The first-order valence-electron chi connectivity index (χ1n) is 5.75. The molecular formula is C12H19NO3S. The number of aliphatic hydroxyl groups excluding tert-OH is 1. The highest BCUT2D eigenvalue weighted by Crippen LogP contribution is 2.12. The van der Waals surface area contributed by atoms with Crippen molar-refractivity contribution >= 4 is 10.0 Å². The standard InChI is InChI=1S/C12H19NO3S/c1-3-10-6-5-7-12(8-10)17(15,16)13-11(4-2)9-14/h5-8,11,13-14H,3-4,9H2,1-2H3. The van der Waals surface area contributed by atoms with Gasteiger partial charge in [0, 0.05) is 6.04 Å². The summed E-state index contributed by atoms with van der Waals surface area (Å²) in [5, 5.41) is 9.01. The minimum absolute atomic E-state index is 0.191. The lowest BCUT2D eigenvalue weighted by Crippen LogP contribution is -2.36. The van der Waals surface area contributed by atoms with Gasteiger partial charge in [-0.05, 0) is 30.5 Å². The quantitative estimate of drug-likeness (QED) is 0.807. The predicted octanol–water partition coefficient (Wildman–Crippen LogP) is 1.30. The van der Waals surface area contributed by atoms with Crippen molar-refractivity contribution in [1.29, 1.82) is 0 Å². The van der Waals surface area contributed by atoms with Crippen molar-refractivity contribution in [2.45, 2.75) is 37.6 Å². The first-order chi connectivity index (χ1) is 8.03. The first-order valence-corrected chi connectivity index (χ1v) is 7.24. The van der Waals surface area contributed by atoms with E-state index in [1.165, 1.54) is 0 Å². The minimum Gasteiger partial charge on any atom is -0.395 e. The molecule has 0 aliphatic rings. The van der Waals surface area contributed by atoms with Crippen LogP contribution in [0.2, 0.25) is 0 Å². The van der Waals surface area contributed by atoms with Gasteiger partial charge in [-0.3, -0.25) is 0 Å². The molecule has 1 atom stereocenters. The number of sulfonamides is 1. The average Bonchev–Trinajstić information content (AvgIpc) is 2.36. The molecule has 0 aliphatic heterocycles. The number of rotatable bonds is 6. The van der Waals surface area contributed by atoms with Crippen LogP contribution in [-0.2, 0) is 16.4 Å². The molecular weight excluding hydrogens is 238 g/mol. The lowest BCUT2D eigenvalue weighted by Gasteiger charge is -2.14. The van der Waals surface area contributed by atoms with E-state index in [1.54, 1.807) is 18.2 Å². The van der Waals surface area contributed by atoms with E-state index in [0.717, 1.165) is 12.0 Å². The Balaban J connectivity index is 2.96. The van der Waals surface area contributed by atoms with Gasteiger partial charge in [-0.25, -0.2) is 13.1 Å². The Morgan fingerprint density at radius 2 is 2.06 bits per heavy atom. The summed E-state index contributed by atoms with van der Waals surface area (Å²) in [6.45, 7) is 3.61. The third-order valence-corrected chi connectivity index (χ3v) is 4.17. The van der Waals surface area contributed by atoms with Crippen LogP contribution in [0, 0.1) is 0 Å². The van der Waals surface area contributed by atoms with E-state index in [9.17, 15) is 8.42 Å². The van der Waals surface area contributed by atoms with Gasteiger partial charge in [-0.15, -0.1) is 0 Å². The number of aryl methyl sites for hydroxylation is 1. The second-order valence-corrected chi connectivity index (χ2v) is 5.62. The Labute approximate surface area is 103 Å². The van der Waals surface area contributed by atoms with Crippen molar-refractivity contribution < 1.29 is 13.5 Å². The van der Waals surface area contributed by atoms with Crippen LogP contribution in [-0.4, -0.2) is 26.2 Å². The van der Waals surface area contributed by atoms with Crippen LogP contribution in [0.1, 0.15) is 25.8 Å². The lowest BCUT2D eigenvalue weighted by molar-refractivity contribution is 0.254. The van der Waals surface area contributed by atoms with Crippen LogP contribution >= 0.6 is 0 Å². The van der Waals surface area contributed by atoms with Gasteiger partial charge in [-0.2, -0.15) is 0 Å². The fourth-order valence-corrected chi connectivity index (χ4v) is 2.85. The fourth-order valence-electron chi connectivity index (χ4n) is 1.47. The molecule has 0 spiro atoms. The Morgan fingerprint density at radius 1 is 1.35 bits per heavy atom. The zero-order chi connectivity index (χ0) is 12.9. The monoisotopic (exact) mass is 257 g/mol. The highest BCUT2D eigenvalue weighted by molar-refractivity contribution is 7.89. The summed E-state index contributed by atoms with van der Waals surface area (Å²) in [6, 6.07) is 6.42. The first kappa shape index (κ1) is 14.2. The van der Waals surface area contributed by atoms with Crippen LogP contribution in [0.3, 0.4) is 0 Å². The van der Waals surface area contributed by atoms with Gasteiger partial charge in [0.2, 0.25) is 10.0 Å². The molecule has 0 heterocycles. The van der Waals surface area contributed by atoms with Crippen LogP contribution < -0.4 is 4.72 Å². The summed E-state index contributed by atoms with van der Waals surface area (Å²) < 4.78 is 26.5. The normalized spacial score (nSPS) is 13.6. The Hall–Kier alpha value is -0.910. The number of hydrogen-bond donors (Lipinski definition) is 2. The third kappa shape index (κ3) is 3.80. The molecule has 0 bridgehead atoms. The molecule has 1 aromatic rings. The number of hydrogen-bond acceptors (Lipinski definition) is 3. The van der Waals surface area contributed by atoms with Crippen molar-refractivity contribution in [1.82, 2.24) is 4.72 Å². The van der Waals surface area contributed by atoms with Crippen LogP contribution in [0.5, 0.6) is 0 Å². The fraction of sp³-hybridized carbons (Fsp3) is 0.500. The molecule has 1 rings (SSSR count). The lowest BCUT2D eigenvalue weighted by atomic mass is 10.2. The Morgan fingerprint density at radius 3 is 2.59 bits per heavy atom. The second-order valence-electron chi connectivity index (χ2n) is 3.91. The van der Waals surface area contributed by atoms with Crippen molar-refractivity contribution in [2.24, 2.45) is 0 Å². The molecule has 96 valence electrons. The molecule has 17 heavy (non-hydrogen) atoms. The molecule has 0 aliphatic carbocycles. The number of aliphatic hydroxyl groups is 1. The summed E-state index contributed by atoms with van der Waals surface area (Å²) in [5.41, 5.74) is 0.977. The minimum atomic E-state index is -3.53. The zero-order valence-electron chi connectivity index (χ0n) is 10.2. The summed E-state index contributed by atoms with van der Waals surface area (Å²) >= 11 is 0. The van der Waals surface area contributed by atoms with E-state index < -0.39 is 16.1 Å². The average molecular weight is 257 g/mol. The number of benzene rings is 1. The highest BCUT2D eigenvalue weighted by Gasteiger charge is 2.18. The molecule has 1 aromatic carbocycles. The van der Waals surface area contributed by atoms with Gasteiger partial charge in [0.05, 0.1) is 11.5 Å². The van der Waals surface area contributed by atoms with Gasteiger partial charge in [0.15, 0.2) is 0 Å². The number of nitrogens with one attached hydrogen (secondary N) is 1. The van der Waals surface area contributed by atoms with Crippen molar-refractivity contribution in [2.75, 3.05) is 6.61 Å². The van der Waals surface area contributed by atoms with E-state index in [2.05, 4.69) is 4.72 Å². The summed E-state index contributed by atoms with van der Waals surface area (Å²) in [5.74, 6) is 0. The molecule has 0 saturated carbocycles. The zero-order valence-corrected chi connectivity index (χ0v) is 11.0. The van der Waals surface area contributed by atoms with Gasteiger partial charge in [0.1, 0.15) is 0 Å². The van der Waals surface area contributed by atoms with Crippen LogP contribution in [0.4, 0.5) is 0 Å². The van der Waals surface area contributed by atoms with E-state index in [4.69, 9.17) is 5.11 Å². The van der Waals surface area contributed by atoms with Gasteiger partial charge in [0.25, 0.3) is 0 Å². The Kier molecular flexibility index (Phi) is 5.11. The largest absolute Gasteiger partial charge is 0.395 e. The summed E-state index contributed by atoms with van der Waals surface area (Å²) in [7, 11) is -3.53. The van der Waals surface area contributed by atoms with Gasteiger partial charge in [-0.1, -0.05) is 26.0 Å². The van der Waals surface area contributed by atoms with E-state index in [1.807, 2.05) is 19.9 Å². The topological polar surface area (TPSA) is 66.4 Å². The van der Waals surface area contributed by atoms with Crippen molar-refractivity contribution in [3.8, 4) is 0 Å². The molecule has 5 heteroatoms. The maximum atomic E-state index is 12.0. The van der Waals surface area contributed by atoms with Crippen LogP contribution in [0.15, 0.2) is 29.2 Å². The summed E-state index contributed by atoms with van der Waals surface area (Å²) in [4.78, 5) is 0.253. The van der Waals surface area contributed by atoms with E-state index in [-0.39, 0.29) is 11.5 Å². The molecule has 2 N–H and O–H groups in total. The molecule has 0 fully saturated rings. The molecule has 0 radical (unpaired) electrons. The Bertz CT molecular complexity index is 453. The van der Waals surface area contributed by atoms with Crippen molar-refractivity contribution in [3.63, 3.8) is 0 Å². The smallest absolute Gasteiger partial charge is 0.240 e. The molecule has 0 amide bonds. The maximum Gasteiger partial charge on any atom is 0.240 e. The van der Waals surface area contributed by atoms with Gasteiger partial charge >= 0.3 is 0 Å². The summed E-state index contributed by atoms with van der Waals surface area (Å²) in [6.07, 6.45) is 1.35. The molecule has 0 saturated heterocycles. The third-order valence-electron chi connectivity index (χ3n) is 2.65. The molecule has 1 unspecified atom stereocenters.